The summed E-state index contributed by atoms with van der Waals surface area (Å²) in [5.74, 6) is 0. The van der Waals surface area contributed by atoms with Crippen LogP contribution < -0.4 is 10.6 Å². The molecule has 0 bridgehead atoms. The van der Waals surface area contributed by atoms with E-state index in [0.717, 1.165) is 19.5 Å². The van der Waals surface area contributed by atoms with Crippen LogP contribution in [0.2, 0.25) is 0 Å². The summed E-state index contributed by atoms with van der Waals surface area (Å²) in [4.78, 5) is 0. The summed E-state index contributed by atoms with van der Waals surface area (Å²) in [6.07, 6.45) is 2.97. The van der Waals surface area contributed by atoms with Gasteiger partial charge >= 0.3 is 0 Å². The summed E-state index contributed by atoms with van der Waals surface area (Å²) in [5.41, 5.74) is 0.196. The molecule has 0 saturated carbocycles. The topological polar surface area (TPSA) is 24.1 Å². The second-order valence-corrected chi connectivity index (χ2v) is 3.39. The third-order valence-corrected chi connectivity index (χ3v) is 1.77. The van der Waals surface area contributed by atoms with Gasteiger partial charge in [0.05, 0.1) is 0 Å². The van der Waals surface area contributed by atoms with Crippen molar-refractivity contribution in [1.82, 2.24) is 10.6 Å². The third kappa shape index (κ3) is 6.07. The molecule has 0 aliphatic carbocycles. The summed E-state index contributed by atoms with van der Waals surface area (Å²) in [7, 11) is 1.98. The molecule has 0 atom stereocenters. The molecule has 66 valence electrons. The Morgan fingerprint density at radius 2 is 2.09 bits per heavy atom. The third-order valence-electron chi connectivity index (χ3n) is 1.77. The molecule has 11 heavy (non-hydrogen) atoms. The second-order valence-electron chi connectivity index (χ2n) is 3.39. The molecular weight excluding hydrogens is 136 g/mol. The van der Waals surface area contributed by atoms with Crippen molar-refractivity contribution in [2.45, 2.75) is 25.8 Å². The highest BCUT2D eigenvalue weighted by Crippen LogP contribution is 1.96. The molecule has 0 amide bonds. The van der Waals surface area contributed by atoms with Crippen molar-refractivity contribution < 1.29 is 0 Å². The molecule has 0 aromatic heterocycles. The van der Waals surface area contributed by atoms with Gasteiger partial charge in [-0.05, 0) is 33.9 Å². The van der Waals surface area contributed by atoms with Gasteiger partial charge in [-0.15, -0.1) is 6.58 Å². The first-order valence-corrected chi connectivity index (χ1v) is 4.13. The van der Waals surface area contributed by atoms with Crippen LogP contribution in [0.3, 0.4) is 0 Å². The molecule has 0 spiro atoms. The Bertz CT molecular complexity index is 108. The maximum atomic E-state index is 3.66. The smallest absolute Gasteiger partial charge is 0.0246 e. The molecule has 0 fully saturated rings. The molecule has 0 radical (unpaired) electrons. The van der Waals surface area contributed by atoms with E-state index in [1.165, 1.54) is 0 Å². The number of rotatable bonds is 6. The lowest BCUT2D eigenvalue weighted by Gasteiger charge is -2.24. The standard InChI is InChI=1S/C9H20N2/c1-5-6-7-11-8-9(2,3)10-4/h5,10-11H,1,6-8H2,2-4H3. The van der Waals surface area contributed by atoms with Crippen molar-refractivity contribution in [2.75, 3.05) is 20.1 Å². The van der Waals surface area contributed by atoms with Crippen molar-refractivity contribution in [3.05, 3.63) is 12.7 Å². The molecule has 2 nitrogen and oxygen atoms in total. The molecule has 0 aliphatic heterocycles. The van der Waals surface area contributed by atoms with E-state index in [1.807, 2.05) is 13.1 Å². The number of likely N-dealkylation sites (N-methyl/N-ethyl adjacent to an activating group) is 1. The first-order chi connectivity index (χ1) is 5.12. The van der Waals surface area contributed by atoms with Crippen LogP contribution in [0, 0.1) is 0 Å². The lowest BCUT2D eigenvalue weighted by Crippen LogP contribution is -2.45. The van der Waals surface area contributed by atoms with Gasteiger partial charge < -0.3 is 10.6 Å². The monoisotopic (exact) mass is 156 g/mol. The Hall–Kier alpha value is -0.340. The number of hydrogen-bond acceptors (Lipinski definition) is 2. The van der Waals surface area contributed by atoms with Gasteiger partial charge in [-0.1, -0.05) is 6.08 Å². The van der Waals surface area contributed by atoms with Crippen molar-refractivity contribution >= 4 is 0 Å². The zero-order chi connectivity index (χ0) is 8.74. The van der Waals surface area contributed by atoms with Crippen LogP contribution in [0.1, 0.15) is 20.3 Å². The fourth-order valence-corrected chi connectivity index (χ4v) is 0.693. The van der Waals surface area contributed by atoms with Gasteiger partial charge in [-0.2, -0.15) is 0 Å². The highest BCUT2D eigenvalue weighted by molar-refractivity contribution is 4.78. The zero-order valence-electron chi connectivity index (χ0n) is 7.91. The lowest BCUT2D eigenvalue weighted by atomic mass is 10.1. The van der Waals surface area contributed by atoms with E-state index in [9.17, 15) is 0 Å². The summed E-state index contributed by atoms with van der Waals surface area (Å²) < 4.78 is 0. The van der Waals surface area contributed by atoms with Gasteiger partial charge in [0.15, 0.2) is 0 Å². The summed E-state index contributed by atoms with van der Waals surface area (Å²) in [6, 6.07) is 0. The normalized spacial score (nSPS) is 11.5. The van der Waals surface area contributed by atoms with Crippen LogP contribution >= 0.6 is 0 Å². The van der Waals surface area contributed by atoms with Crippen molar-refractivity contribution in [2.24, 2.45) is 0 Å². The maximum Gasteiger partial charge on any atom is 0.0246 e. The average molecular weight is 156 g/mol. The average Bonchev–Trinajstić information content (AvgIpc) is 1.99. The number of nitrogens with one attached hydrogen (secondary N) is 2. The molecule has 0 aliphatic rings. The largest absolute Gasteiger partial charge is 0.315 e. The molecule has 0 aromatic rings. The predicted molar refractivity (Wildman–Crippen MR) is 50.8 cm³/mol. The summed E-state index contributed by atoms with van der Waals surface area (Å²) in [6.45, 7) is 10.0. The maximum absolute atomic E-state index is 3.66. The van der Waals surface area contributed by atoms with E-state index in [1.54, 1.807) is 0 Å². The molecule has 0 saturated heterocycles. The Kier molecular flexibility index (Phi) is 5.16. The first-order valence-electron chi connectivity index (χ1n) is 4.13. The second kappa shape index (κ2) is 5.33. The van der Waals surface area contributed by atoms with Crippen LogP contribution in [0.15, 0.2) is 12.7 Å². The Morgan fingerprint density at radius 1 is 1.45 bits per heavy atom. The van der Waals surface area contributed by atoms with E-state index in [4.69, 9.17) is 0 Å². The van der Waals surface area contributed by atoms with E-state index in [-0.39, 0.29) is 5.54 Å². The lowest BCUT2D eigenvalue weighted by molar-refractivity contribution is 0.396. The van der Waals surface area contributed by atoms with Crippen LogP contribution in [-0.2, 0) is 0 Å². The minimum absolute atomic E-state index is 0.196. The van der Waals surface area contributed by atoms with Gasteiger partial charge in [0.1, 0.15) is 0 Å². The van der Waals surface area contributed by atoms with E-state index < -0.39 is 0 Å². The molecule has 0 rings (SSSR count). The molecule has 0 unspecified atom stereocenters. The van der Waals surface area contributed by atoms with Crippen LogP contribution in [0.4, 0.5) is 0 Å². The Labute approximate surface area is 70.1 Å². The Morgan fingerprint density at radius 3 is 2.55 bits per heavy atom. The van der Waals surface area contributed by atoms with Crippen molar-refractivity contribution in [1.29, 1.82) is 0 Å². The van der Waals surface area contributed by atoms with Crippen LogP contribution in [0.5, 0.6) is 0 Å². The van der Waals surface area contributed by atoms with Crippen molar-refractivity contribution in [3.8, 4) is 0 Å². The van der Waals surface area contributed by atoms with Gasteiger partial charge in [0, 0.05) is 12.1 Å². The fraction of sp³-hybridized carbons (Fsp3) is 0.778. The highest BCUT2D eigenvalue weighted by Gasteiger charge is 2.12. The number of hydrogen-bond donors (Lipinski definition) is 2. The summed E-state index contributed by atoms with van der Waals surface area (Å²) in [5, 5.41) is 6.57. The minimum atomic E-state index is 0.196. The molecule has 2 N–H and O–H groups in total. The van der Waals surface area contributed by atoms with Crippen LogP contribution in [0.25, 0.3) is 0 Å². The molecular formula is C9H20N2. The molecule has 0 heterocycles. The van der Waals surface area contributed by atoms with E-state index in [0.29, 0.717) is 0 Å². The summed E-state index contributed by atoms with van der Waals surface area (Å²) >= 11 is 0. The minimum Gasteiger partial charge on any atom is -0.315 e. The first kappa shape index (κ1) is 10.7. The fourth-order valence-electron chi connectivity index (χ4n) is 0.693. The van der Waals surface area contributed by atoms with Gasteiger partial charge in [0.25, 0.3) is 0 Å². The molecule has 2 heteroatoms. The van der Waals surface area contributed by atoms with Gasteiger partial charge in [-0.25, -0.2) is 0 Å². The predicted octanol–water partition coefficient (Wildman–Crippen LogP) is 1.15. The highest BCUT2D eigenvalue weighted by atomic mass is 15.0. The molecule has 0 aromatic carbocycles. The van der Waals surface area contributed by atoms with E-state index in [2.05, 4.69) is 31.1 Å². The van der Waals surface area contributed by atoms with Crippen molar-refractivity contribution in [3.63, 3.8) is 0 Å². The Balaban J connectivity index is 3.29. The van der Waals surface area contributed by atoms with Crippen LogP contribution in [-0.4, -0.2) is 25.7 Å². The van der Waals surface area contributed by atoms with E-state index >= 15 is 0 Å². The SMILES string of the molecule is C=CCCNCC(C)(C)NC. The van der Waals surface area contributed by atoms with Gasteiger partial charge in [0.2, 0.25) is 0 Å². The van der Waals surface area contributed by atoms with Gasteiger partial charge in [-0.3, -0.25) is 0 Å². The quantitative estimate of drug-likeness (QED) is 0.445. The zero-order valence-corrected chi connectivity index (χ0v) is 7.91.